The zero-order chi connectivity index (χ0) is 25.1. The molecule has 1 amide bonds. The van der Waals surface area contributed by atoms with Crippen molar-refractivity contribution in [3.05, 3.63) is 84.2 Å². The summed E-state index contributed by atoms with van der Waals surface area (Å²) in [4.78, 5) is 21.4. The predicted molar refractivity (Wildman–Crippen MR) is 133 cm³/mol. The van der Waals surface area contributed by atoms with Gasteiger partial charge in [0.1, 0.15) is 0 Å². The molecule has 0 spiro atoms. The molecule has 1 N–H and O–H groups in total. The maximum Gasteiger partial charge on any atom is 0.446 e. The molecule has 184 valence electrons. The largest absolute Gasteiger partial charge is 0.446 e. The lowest BCUT2D eigenvalue weighted by Crippen LogP contribution is -2.39. The van der Waals surface area contributed by atoms with E-state index in [1.165, 1.54) is 12.1 Å². The van der Waals surface area contributed by atoms with Gasteiger partial charge in [-0.25, -0.2) is 0 Å². The van der Waals surface area contributed by atoms with E-state index in [0.717, 1.165) is 23.4 Å². The Morgan fingerprint density at radius 2 is 1.80 bits per heavy atom. The minimum atomic E-state index is -4.30. The van der Waals surface area contributed by atoms with Crippen molar-refractivity contribution in [3.63, 3.8) is 0 Å². The number of carbonyl (C=O) groups excluding carboxylic acids is 1. The maximum atomic E-state index is 12.6. The molecule has 1 aliphatic heterocycles. The number of halogens is 3. The molecule has 1 aliphatic rings. The number of nitrogens with one attached hydrogen (secondary N) is 1. The van der Waals surface area contributed by atoms with Crippen LogP contribution in [-0.2, 0) is 17.8 Å². The highest BCUT2D eigenvalue weighted by Crippen LogP contribution is 2.38. The number of aromatic nitrogens is 1. The van der Waals surface area contributed by atoms with E-state index >= 15 is 0 Å². The SMILES string of the molecule is CC1(C)CN(c2ccc(SC(F)(F)F)cc2)CN1Cc1ccncc1NC(=O)Cc1ccccc1. The molecule has 0 aliphatic carbocycles. The lowest BCUT2D eigenvalue weighted by Gasteiger charge is -2.30. The van der Waals surface area contributed by atoms with Gasteiger partial charge in [0, 0.05) is 35.4 Å². The number of benzene rings is 2. The first-order valence-electron chi connectivity index (χ1n) is 11.2. The van der Waals surface area contributed by atoms with Crippen molar-refractivity contribution in [2.24, 2.45) is 0 Å². The molecule has 0 radical (unpaired) electrons. The van der Waals surface area contributed by atoms with Crippen molar-refractivity contribution < 1.29 is 18.0 Å². The van der Waals surface area contributed by atoms with Crippen LogP contribution < -0.4 is 10.2 Å². The number of anilines is 2. The molecule has 5 nitrogen and oxygen atoms in total. The van der Waals surface area contributed by atoms with Gasteiger partial charge in [-0.05, 0) is 67.1 Å². The van der Waals surface area contributed by atoms with Crippen molar-refractivity contribution >= 4 is 29.0 Å². The second-order valence-electron chi connectivity index (χ2n) is 9.13. The van der Waals surface area contributed by atoms with Crippen molar-refractivity contribution in [3.8, 4) is 0 Å². The molecular formula is C26H27F3N4OS. The monoisotopic (exact) mass is 500 g/mol. The van der Waals surface area contributed by atoms with Crippen LogP contribution in [-0.4, -0.2) is 40.1 Å². The molecule has 2 heterocycles. The number of amides is 1. The third-order valence-electron chi connectivity index (χ3n) is 5.96. The van der Waals surface area contributed by atoms with Crippen molar-refractivity contribution in [1.82, 2.24) is 9.88 Å². The first-order valence-corrected chi connectivity index (χ1v) is 12.0. The summed E-state index contributed by atoms with van der Waals surface area (Å²) in [6.07, 6.45) is 3.65. The van der Waals surface area contributed by atoms with Gasteiger partial charge in [-0.15, -0.1) is 0 Å². The van der Waals surface area contributed by atoms with Crippen LogP contribution in [0, 0.1) is 0 Å². The van der Waals surface area contributed by atoms with Crippen LogP contribution in [0.2, 0.25) is 0 Å². The van der Waals surface area contributed by atoms with Gasteiger partial charge in [0.2, 0.25) is 5.91 Å². The number of hydrogen-bond donors (Lipinski definition) is 1. The van der Waals surface area contributed by atoms with E-state index in [1.54, 1.807) is 24.5 Å². The van der Waals surface area contributed by atoms with E-state index < -0.39 is 5.51 Å². The Kier molecular flexibility index (Phi) is 7.37. The summed E-state index contributed by atoms with van der Waals surface area (Å²) in [5, 5.41) is 2.99. The summed E-state index contributed by atoms with van der Waals surface area (Å²) in [6, 6.07) is 17.9. The van der Waals surface area contributed by atoms with Gasteiger partial charge >= 0.3 is 5.51 Å². The Labute approximate surface area is 207 Å². The minimum Gasteiger partial charge on any atom is -0.357 e. The van der Waals surface area contributed by atoms with E-state index in [4.69, 9.17) is 0 Å². The van der Waals surface area contributed by atoms with Crippen LogP contribution >= 0.6 is 11.8 Å². The molecule has 1 aromatic heterocycles. The summed E-state index contributed by atoms with van der Waals surface area (Å²) in [5.74, 6) is -0.107. The van der Waals surface area contributed by atoms with Crippen LogP contribution in [0.15, 0.2) is 78.0 Å². The number of alkyl halides is 3. The fourth-order valence-corrected chi connectivity index (χ4v) is 4.70. The highest BCUT2D eigenvalue weighted by Gasteiger charge is 2.37. The van der Waals surface area contributed by atoms with Crippen molar-refractivity contribution in [1.29, 1.82) is 0 Å². The van der Waals surface area contributed by atoms with Gasteiger partial charge < -0.3 is 10.2 Å². The average Bonchev–Trinajstić information content (AvgIpc) is 3.09. The molecule has 35 heavy (non-hydrogen) atoms. The number of carbonyl (C=O) groups is 1. The Bertz CT molecular complexity index is 1150. The molecule has 1 fully saturated rings. The van der Waals surface area contributed by atoms with Crippen LogP contribution in [0.25, 0.3) is 0 Å². The highest BCUT2D eigenvalue weighted by atomic mass is 32.2. The second kappa shape index (κ2) is 10.3. The third kappa shape index (κ3) is 6.76. The second-order valence-corrected chi connectivity index (χ2v) is 10.3. The Balaban J connectivity index is 1.43. The normalized spacial score (nSPS) is 15.9. The zero-order valence-corrected chi connectivity index (χ0v) is 20.4. The van der Waals surface area contributed by atoms with Crippen LogP contribution in [0.3, 0.4) is 0 Å². The Morgan fingerprint density at radius 1 is 1.09 bits per heavy atom. The fraction of sp³-hybridized carbons (Fsp3) is 0.308. The minimum absolute atomic E-state index is 0.107. The maximum absolute atomic E-state index is 12.6. The van der Waals surface area contributed by atoms with E-state index in [9.17, 15) is 18.0 Å². The van der Waals surface area contributed by atoms with Gasteiger partial charge in [0.05, 0.1) is 25.0 Å². The lowest BCUT2D eigenvalue weighted by molar-refractivity contribution is -0.115. The van der Waals surface area contributed by atoms with Crippen molar-refractivity contribution in [2.45, 2.75) is 42.8 Å². The van der Waals surface area contributed by atoms with Gasteiger partial charge in [-0.3, -0.25) is 14.7 Å². The molecule has 0 saturated carbocycles. The van der Waals surface area contributed by atoms with E-state index in [2.05, 4.69) is 33.9 Å². The third-order valence-corrected chi connectivity index (χ3v) is 6.70. The van der Waals surface area contributed by atoms with Crippen molar-refractivity contribution in [2.75, 3.05) is 23.4 Å². The topological polar surface area (TPSA) is 48.5 Å². The van der Waals surface area contributed by atoms with Gasteiger partial charge in [0.15, 0.2) is 0 Å². The summed E-state index contributed by atoms with van der Waals surface area (Å²) in [7, 11) is 0. The summed E-state index contributed by atoms with van der Waals surface area (Å²) >= 11 is -0.109. The standard InChI is InChI=1S/C26H27F3N4OS/c1-25(2)17-32(21-8-10-22(11-9-21)35-26(27,28)29)18-33(25)16-20-12-13-30-15-23(20)31-24(34)14-19-6-4-3-5-7-19/h3-13,15H,14,16-18H2,1-2H3,(H,31,34). The first-order chi connectivity index (χ1) is 16.6. The quantitative estimate of drug-likeness (QED) is 0.408. The number of nitrogens with zero attached hydrogens (tertiary/aromatic N) is 3. The number of pyridine rings is 1. The summed E-state index contributed by atoms with van der Waals surface area (Å²) in [5.41, 5.74) is -1.05. The average molecular weight is 501 g/mol. The lowest BCUT2D eigenvalue weighted by atomic mass is 10.0. The molecule has 0 bridgehead atoms. The van der Waals surface area contributed by atoms with E-state index in [-0.39, 0.29) is 34.5 Å². The molecule has 9 heteroatoms. The Morgan fingerprint density at radius 3 is 2.49 bits per heavy atom. The Hall–Kier alpha value is -3.04. The molecule has 2 aromatic carbocycles. The van der Waals surface area contributed by atoms with Crippen LogP contribution in [0.1, 0.15) is 25.0 Å². The first kappa shape index (κ1) is 25.1. The van der Waals surface area contributed by atoms with Crippen LogP contribution in [0.4, 0.5) is 24.5 Å². The van der Waals surface area contributed by atoms with Gasteiger partial charge in [-0.1, -0.05) is 30.3 Å². The van der Waals surface area contributed by atoms with E-state index in [0.29, 0.717) is 18.9 Å². The number of thioether (sulfide) groups is 1. The molecule has 3 aromatic rings. The molecule has 4 rings (SSSR count). The fourth-order valence-electron chi connectivity index (χ4n) is 4.17. The molecular weight excluding hydrogens is 473 g/mol. The number of rotatable bonds is 7. The summed E-state index contributed by atoms with van der Waals surface area (Å²) < 4.78 is 37.9. The molecule has 1 saturated heterocycles. The number of hydrogen-bond acceptors (Lipinski definition) is 5. The van der Waals surface area contributed by atoms with Gasteiger partial charge in [-0.2, -0.15) is 13.2 Å². The van der Waals surface area contributed by atoms with E-state index in [1.807, 2.05) is 36.4 Å². The smallest absolute Gasteiger partial charge is 0.357 e. The predicted octanol–water partition coefficient (Wildman–Crippen LogP) is 5.93. The molecule has 0 unspecified atom stereocenters. The van der Waals surface area contributed by atoms with Gasteiger partial charge in [0.25, 0.3) is 0 Å². The highest BCUT2D eigenvalue weighted by molar-refractivity contribution is 8.00. The molecule has 0 atom stereocenters. The zero-order valence-electron chi connectivity index (χ0n) is 19.5. The van der Waals surface area contributed by atoms with Crippen LogP contribution in [0.5, 0.6) is 0 Å². The summed E-state index contributed by atoms with van der Waals surface area (Å²) in [6.45, 7) is 6.19.